The molecule has 0 spiro atoms. The molecule has 1 aliphatic heterocycles. The quantitative estimate of drug-likeness (QED) is 0.731. The molecule has 1 aromatic heterocycles. The molecule has 172 valence electrons. The van der Waals surface area contributed by atoms with Crippen molar-refractivity contribution in [3.8, 4) is 0 Å². The summed E-state index contributed by atoms with van der Waals surface area (Å²) in [5.74, 6) is -1.33. The normalized spacial score (nSPS) is 14.7. The first-order valence-electron chi connectivity index (χ1n) is 10.6. The zero-order chi connectivity index (χ0) is 23.5. The number of amides is 3. The maximum atomic E-state index is 13.9. The number of rotatable bonds is 4. The van der Waals surface area contributed by atoms with Crippen molar-refractivity contribution in [2.75, 3.05) is 23.7 Å². The molecule has 0 unspecified atom stereocenters. The van der Waals surface area contributed by atoms with Crippen LogP contribution in [0.15, 0.2) is 36.5 Å². The Balaban J connectivity index is 1.65. The van der Waals surface area contributed by atoms with Gasteiger partial charge in [0.1, 0.15) is 17.1 Å². The first-order valence-corrected chi connectivity index (χ1v) is 10.6. The van der Waals surface area contributed by atoms with Crippen LogP contribution in [0.1, 0.15) is 57.1 Å². The van der Waals surface area contributed by atoms with E-state index in [0.717, 1.165) is 0 Å². The number of likely N-dealkylation sites (tertiary alicyclic amines) is 1. The molecule has 0 saturated carbocycles. The average Bonchev–Trinajstić information content (AvgIpc) is 3.19. The molecule has 2 aromatic rings. The smallest absolute Gasteiger partial charge is 0.410 e. The summed E-state index contributed by atoms with van der Waals surface area (Å²) >= 11 is 0. The number of benzene rings is 1. The third-order valence-corrected chi connectivity index (χ3v) is 5.06. The highest BCUT2D eigenvalue weighted by molar-refractivity contribution is 6.03. The molecule has 1 aromatic carbocycles. The number of hydrogen-bond acceptors (Lipinski definition) is 4. The topological polar surface area (TPSA) is 92.7 Å². The minimum absolute atomic E-state index is 0.000183. The van der Waals surface area contributed by atoms with Crippen molar-refractivity contribution in [1.82, 2.24) is 9.47 Å². The fourth-order valence-electron chi connectivity index (χ4n) is 3.64. The van der Waals surface area contributed by atoms with Gasteiger partial charge in [-0.15, -0.1) is 0 Å². The summed E-state index contributed by atoms with van der Waals surface area (Å²) in [6, 6.07) is 7.57. The Labute approximate surface area is 186 Å². The predicted molar refractivity (Wildman–Crippen MR) is 119 cm³/mol. The Hall–Kier alpha value is -3.36. The van der Waals surface area contributed by atoms with Crippen LogP contribution in [0.2, 0.25) is 0 Å². The van der Waals surface area contributed by atoms with E-state index in [4.69, 9.17) is 4.74 Å². The van der Waals surface area contributed by atoms with Crippen LogP contribution in [0.4, 0.5) is 20.6 Å². The number of anilines is 2. The molecule has 2 heterocycles. The summed E-state index contributed by atoms with van der Waals surface area (Å²) in [4.78, 5) is 38.1. The molecule has 1 aliphatic rings. The molecule has 0 radical (unpaired) electrons. The van der Waals surface area contributed by atoms with Gasteiger partial charge < -0.3 is 24.8 Å². The van der Waals surface area contributed by atoms with Gasteiger partial charge in [0.15, 0.2) is 0 Å². The second-order valence-corrected chi connectivity index (χ2v) is 8.83. The zero-order valence-electron chi connectivity index (χ0n) is 18.8. The standard InChI is InChI=1S/C23H29FN4O4/c1-15(29)25-19-14-16(7-8-18(19)24)26-21(30)20-6-5-11-28(20)17-9-12-27(13-10-17)22(31)32-23(2,3)4/h5-8,11,14,17H,9-10,12-13H2,1-4H3,(H,25,29)(H,26,30). The van der Waals surface area contributed by atoms with Crippen molar-refractivity contribution in [3.63, 3.8) is 0 Å². The van der Waals surface area contributed by atoms with Crippen molar-refractivity contribution in [2.24, 2.45) is 0 Å². The maximum absolute atomic E-state index is 13.9. The number of carbonyl (C=O) groups is 3. The summed E-state index contributed by atoms with van der Waals surface area (Å²) in [6.45, 7) is 7.87. The number of nitrogens with zero attached hydrogens (tertiary/aromatic N) is 2. The van der Waals surface area contributed by atoms with Gasteiger partial charge in [-0.2, -0.15) is 0 Å². The largest absolute Gasteiger partial charge is 0.444 e. The lowest BCUT2D eigenvalue weighted by Gasteiger charge is -2.34. The number of nitrogens with one attached hydrogen (secondary N) is 2. The Morgan fingerprint density at radius 1 is 1.09 bits per heavy atom. The Bertz CT molecular complexity index is 1000. The van der Waals surface area contributed by atoms with Crippen LogP contribution in [0.5, 0.6) is 0 Å². The van der Waals surface area contributed by atoms with Crippen LogP contribution in [0.3, 0.4) is 0 Å². The van der Waals surface area contributed by atoms with Crippen LogP contribution >= 0.6 is 0 Å². The molecule has 0 aliphatic carbocycles. The Kier molecular flexibility index (Phi) is 6.86. The third kappa shape index (κ3) is 5.87. The Morgan fingerprint density at radius 2 is 1.78 bits per heavy atom. The molecule has 0 atom stereocenters. The minimum Gasteiger partial charge on any atom is -0.444 e. The van der Waals surface area contributed by atoms with E-state index < -0.39 is 17.3 Å². The highest BCUT2D eigenvalue weighted by atomic mass is 19.1. The van der Waals surface area contributed by atoms with Crippen LogP contribution in [-0.4, -0.2) is 46.1 Å². The van der Waals surface area contributed by atoms with E-state index in [2.05, 4.69) is 10.6 Å². The number of ether oxygens (including phenoxy) is 1. The number of halogens is 1. The van der Waals surface area contributed by atoms with E-state index >= 15 is 0 Å². The maximum Gasteiger partial charge on any atom is 0.410 e. The fraction of sp³-hybridized carbons (Fsp3) is 0.435. The molecular formula is C23H29FN4O4. The summed E-state index contributed by atoms with van der Waals surface area (Å²) < 4.78 is 21.2. The minimum atomic E-state index is -0.585. The van der Waals surface area contributed by atoms with Crippen LogP contribution in [-0.2, 0) is 9.53 Å². The second kappa shape index (κ2) is 9.42. The second-order valence-electron chi connectivity index (χ2n) is 8.83. The van der Waals surface area contributed by atoms with Gasteiger partial charge >= 0.3 is 6.09 Å². The molecule has 3 rings (SSSR count). The predicted octanol–water partition coefficient (Wildman–Crippen LogP) is 4.41. The van der Waals surface area contributed by atoms with E-state index in [1.54, 1.807) is 17.0 Å². The highest BCUT2D eigenvalue weighted by Gasteiger charge is 2.28. The van der Waals surface area contributed by atoms with Gasteiger partial charge in [0.25, 0.3) is 5.91 Å². The van der Waals surface area contributed by atoms with Crippen molar-refractivity contribution >= 4 is 29.3 Å². The first-order chi connectivity index (χ1) is 15.0. The van der Waals surface area contributed by atoms with Gasteiger partial charge in [-0.1, -0.05) is 0 Å². The summed E-state index contributed by atoms with van der Waals surface area (Å²) in [5, 5.41) is 5.15. The molecular weight excluding hydrogens is 415 g/mol. The van der Waals surface area contributed by atoms with Crippen molar-refractivity contribution in [3.05, 3.63) is 48.0 Å². The van der Waals surface area contributed by atoms with E-state index in [0.29, 0.717) is 37.3 Å². The lowest BCUT2D eigenvalue weighted by Crippen LogP contribution is -2.42. The molecule has 0 bridgehead atoms. The average molecular weight is 445 g/mol. The first kappa shape index (κ1) is 23.3. The van der Waals surface area contributed by atoms with Crippen molar-refractivity contribution in [2.45, 2.75) is 52.2 Å². The van der Waals surface area contributed by atoms with Crippen LogP contribution in [0, 0.1) is 5.82 Å². The number of hydrogen-bond donors (Lipinski definition) is 2. The summed E-state index contributed by atoms with van der Waals surface area (Å²) in [6.07, 6.45) is 2.90. The van der Waals surface area contributed by atoms with Gasteiger partial charge in [0.2, 0.25) is 5.91 Å². The molecule has 8 nitrogen and oxygen atoms in total. The molecule has 2 N–H and O–H groups in total. The van der Waals surface area contributed by atoms with Gasteiger partial charge in [0, 0.05) is 37.9 Å². The van der Waals surface area contributed by atoms with Crippen molar-refractivity contribution in [1.29, 1.82) is 0 Å². The van der Waals surface area contributed by atoms with Gasteiger partial charge in [-0.05, 0) is 63.9 Å². The van der Waals surface area contributed by atoms with Gasteiger partial charge in [0.05, 0.1) is 5.69 Å². The monoisotopic (exact) mass is 444 g/mol. The highest BCUT2D eigenvalue weighted by Crippen LogP contribution is 2.27. The molecule has 1 saturated heterocycles. The Morgan fingerprint density at radius 3 is 2.41 bits per heavy atom. The van der Waals surface area contributed by atoms with E-state index in [1.807, 2.05) is 31.5 Å². The fourth-order valence-corrected chi connectivity index (χ4v) is 3.64. The third-order valence-electron chi connectivity index (χ3n) is 5.06. The lowest BCUT2D eigenvalue weighted by atomic mass is 10.0. The summed E-state index contributed by atoms with van der Waals surface area (Å²) in [7, 11) is 0. The molecule has 32 heavy (non-hydrogen) atoms. The number of aromatic nitrogens is 1. The van der Waals surface area contributed by atoms with Crippen LogP contribution in [0.25, 0.3) is 0 Å². The SMILES string of the molecule is CC(=O)Nc1cc(NC(=O)c2cccn2C2CCN(C(=O)OC(C)(C)C)CC2)ccc1F. The molecule has 9 heteroatoms. The van der Waals surface area contributed by atoms with Gasteiger partial charge in [-0.25, -0.2) is 9.18 Å². The van der Waals surface area contributed by atoms with Gasteiger partial charge in [-0.3, -0.25) is 9.59 Å². The lowest BCUT2D eigenvalue weighted by molar-refractivity contribution is -0.114. The number of piperidine rings is 1. The van der Waals surface area contributed by atoms with E-state index in [1.165, 1.54) is 25.1 Å². The molecule has 1 fully saturated rings. The van der Waals surface area contributed by atoms with E-state index in [-0.39, 0.29) is 23.7 Å². The van der Waals surface area contributed by atoms with Crippen molar-refractivity contribution < 1.29 is 23.5 Å². The number of carbonyl (C=O) groups excluding carboxylic acids is 3. The van der Waals surface area contributed by atoms with E-state index in [9.17, 15) is 18.8 Å². The zero-order valence-corrected chi connectivity index (χ0v) is 18.8. The summed E-state index contributed by atoms with van der Waals surface area (Å²) in [5.41, 5.74) is 0.290. The molecule has 3 amide bonds. The van der Waals surface area contributed by atoms with Crippen LogP contribution < -0.4 is 10.6 Å².